The van der Waals surface area contributed by atoms with Crippen molar-refractivity contribution in [3.63, 3.8) is 0 Å². The lowest BCUT2D eigenvalue weighted by Gasteiger charge is -2.39. The Hall–Kier alpha value is -3.15. The van der Waals surface area contributed by atoms with E-state index in [1.54, 1.807) is 11.9 Å². The molecule has 1 fully saturated rings. The molecule has 0 saturated heterocycles. The van der Waals surface area contributed by atoms with Gasteiger partial charge in [-0.2, -0.15) is 0 Å². The topological polar surface area (TPSA) is 78.5 Å². The smallest absolute Gasteiger partial charge is 0.253 e. The monoisotopic (exact) mass is 433 g/mol. The third kappa shape index (κ3) is 3.78. The highest BCUT2D eigenvalue weighted by molar-refractivity contribution is 6.10. The van der Waals surface area contributed by atoms with Crippen LogP contribution in [0.4, 0.5) is 5.69 Å². The van der Waals surface area contributed by atoms with Gasteiger partial charge in [0.25, 0.3) is 5.91 Å². The maximum atomic E-state index is 13.5. The summed E-state index contributed by atoms with van der Waals surface area (Å²) in [6, 6.07) is 14.5. The Balaban J connectivity index is 1.63. The van der Waals surface area contributed by atoms with Crippen molar-refractivity contribution in [2.24, 2.45) is 11.3 Å². The number of amides is 3. The first-order valence-corrected chi connectivity index (χ1v) is 11.4. The zero-order valence-electron chi connectivity index (χ0n) is 19.0. The summed E-state index contributed by atoms with van der Waals surface area (Å²) in [6.07, 6.45) is 2.70. The normalized spacial score (nSPS) is 18.8. The van der Waals surface area contributed by atoms with Gasteiger partial charge in [-0.3, -0.25) is 14.4 Å². The fraction of sp³-hybridized carbons (Fsp3) is 0.423. The summed E-state index contributed by atoms with van der Waals surface area (Å²) in [4.78, 5) is 41.5. The van der Waals surface area contributed by atoms with Crippen LogP contribution in [0.3, 0.4) is 0 Å². The second-order valence-corrected chi connectivity index (χ2v) is 9.28. The molecule has 1 atom stereocenters. The summed E-state index contributed by atoms with van der Waals surface area (Å²) in [5, 5.41) is 5.91. The minimum Gasteiger partial charge on any atom is -0.355 e. The summed E-state index contributed by atoms with van der Waals surface area (Å²) in [6.45, 7) is 4.75. The number of rotatable bonds is 6. The second kappa shape index (κ2) is 8.77. The number of nitrogens with one attached hydrogen (secondary N) is 2. The van der Waals surface area contributed by atoms with Gasteiger partial charge in [-0.25, -0.2) is 0 Å². The molecular formula is C26H31N3O3. The molecule has 0 aromatic heterocycles. The molecule has 6 nitrogen and oxygen atoms in total. The van der Waals surface area contributed by atoms with Crippen molar-refractivity contribution in [3.05, 3.63) is 54.1 Å². The number of carbonyl (C=O) groups is 3. The Labute approximate surface area is 189 Å². The number of hydrogen-bond donors (Lipinski definition) is 2. The molecule has 2 aromatic rings. The Kier molecular flexibility index (Phi) is 6.04. The Bertz CT molecular complexity index is 1040. The zero-order chi connectivity index (χ0) is 22.9. The molecule has 1 saturated carbocycles. The molecule has 1 aliphatic heterocycles. The fourth-order valence-electron chi connectivity index (χ4n) is 4.57. The van der Waals surface area contributed by atoms with Crippen LogP contribution in [0.1, 0.15) is 51.1 Å². The summed E-state index contributed by atoms with van der Waals surface area (Å²) in [5.74, 6) is -0.338. The highest BCUT2D eigenvalue weighted by Gasteiger charge is 2.51. The maximum absolute atomic E-state index is 13.5. The average Bonchev–Trinajstić information content (AvgIpc) is 2.83. The summed E-state index contributed by atoms with van der Waals surface area (Å²) in [7, 11) is 1.73. The lowest BCUT2D eigenvalue weighted by atomic mass is 9.67. The predicted molar refractivity (Wildman–Crippen MR) is 125 cm³/mol. The lowest BCUT2D eigenvalue weighted by molar-refractivity contribution is -0.151. The first kappa shape index (κ1) is 22.1. The van der Waals surface area contributed by atoms with Crippen molar-refractivity contribution in [3.8, 4) is 11.1 Å². The van der Waals surface area contributed by atoms with Gasteiger partial charge in [-0.1, -0.05) is 62.7 Å². The Morgan fingerprint density at radius 3 is 2.34 bits per heavy atom. The highest BCUT2D eigenvalue weighted by Crippen LogP contribution is 2.44. The van der Waals surface area contributed by atoms with Gasteiger partial charge >= 0.3 is 0 Å². The van der Waals surface area contributed by atoms with Crippen LogP contribution in [0.25, 0.3) is 11.1 Å². The quantitative estimate of drug-likeness (QED) is 0.680. The van der Waals surface area contributed by atoms with Gasteiger partial charge in [0.1, 0.15) is 11.5 Å². The van der Waals surface area contributed by atoms with Crippen molar-refractivity contribution in [2.45, 2.75) is 45.6 Å². The SMILES string of the molecule is CC(C)CCNC(=O)C1(C(=O)N[C@@H]2C(=O)N(C)c3ccccc3-c3ccccc32)CCC1. The fourth-order valence-corrected chi connectivity index (χ4v) is 4.57. The Morgan fingerprint density at radius 2 is 1.69 bits per heavy atom. The van der Waals surface area contributed by atoms with Gasteiger partial charge in [0, 0.05) is 19.2 Å². The second-order valence-electron chi connectivity index (χ2n) is 9.28. The van der Waals surface area contributed by atoms with Gasteiger partial charge in [0.2, 0.25) is 11.8 Å². The van der Waals surface area contributed by atoms with Gasteiger partial charge in [0.15, 0.2) is 0 Å². The molecule has 4 rings (SSSR count). The molecule has 1 aliphatic carbocycles. The number of likely N-dealkylation sites (N-methyl/N-ethyl adjacent to an activating group) is 1. The van der Waals surface area contributed by atoms with Crippen molar-refractivity contribution >= 4 is 23.4 Å². The standard InChI is InChI=1S/C26H31N3O3/c1-17(2)13-16-27-24(31)26(14-8-15-26)25(32)28-22-20-11-5-4-9-18(20)19-10-6-7-12-21(19)29(3)23(22)30/h4-7,9-12,17,22H,8,13-16H2,1-3H3,(H,27,31)(H,28,32)/t22-/m0/s1. The number of benzene rings is 2. The van der Waals surface area contributed by atoms with E-state index in [2.05, 4.69) is 24.5 Å². The van der Waals surface area contributed by atoms with E-state index < -0.39 is 11.5 Å². The third-order valence-electron chi connectivity index (χ3n) is 6.76. The van der Waals surface area contributed by atoms with Crippen molar-refractivity contribution in [1.82, 2.24) is 10.6 Å². The van der Waals surface area contributed by atoms with Crippen LogP contribution < -0.4 is 15.5 Å². The summed E-state index contributed by atoms with van der Waals surface area (Å²) < 4.78 is 0. The first-order valence-electron chi connectivity index (χ1n) is 11.4. The van der Waals surface area contributed by atoms with E-state index in [0.29, 0.717) is 25.3 Å². The minimum absolute atomic E-state index is 0.217. The number of anilines is 1. The number of carbonyl (C=O) groups excluding carboxylic acids is 3. The zero-order valence-corrected chi connectivity index (χ0v) is 19.0. The molecule has 6 heteroatoms. The van der Waals surface area contributed by atoms with E-state index >= 15 is 0 Å². The maximum Gasteiger partial charge on any atom is 0.253 e. The highest BCUT2D eigenvalue weighted by atomic mass is 16.2. The van der Waals surface area contributed by atoms with Crippen molar-refractivity contribution < 1.29 is 14.4 Å². The van der Waals surface area contributed by atoms with Crippen molar-refractivity contribution in [1.29, 1.82) is 0 Å². The van der Waals surface area contributed by atoms with Crippen LogP contribution in [0.15, 0.2) is 48.5 Å². The minimum atomic E-state index is -1.09. The van der Waals surface area contributed by atoms with Crippen LogP contribution >= 0.6 is 0 Å². The molecule has 0 unspecified atom stereocenters. The predicted octanol–water partition coefficient (Wildman–Crippen LogP) is 3.82. The van der Waals surface area contributed by atoms with E-state index in [-0.39, 0.29) is 17.7 Å². The van der Waals surface area contributed by atoms with E-state index in [9.17, 15) is 14.4 Å². The van der Waals surface area contributed by atoms with Crippen LogP contribution in [-0.2, 0) is 14.4 Å². The molecule has 2 N–H and O–H groups in total. The third-order valence-corrected chi connectivity index (χ3v) is 6.76. The van der Waals surface area contributed by atoms with Crippen LogP contribution in [0.5, 0.6) is 0 Å². The Morgan fingerprint density at radius 1 is 1.03 bits per heavy atom. The van der Waals surface area contributed by atoms with Gasteiger partial charge < -0.3 is 15.5 Å². The molecule has 0 radical (unpaired) electrons. The van der Waals surface area contributed by atoms with Crippen LogP contribution in [-0.4, -0.2) is 31.3 Å². The van der Waals surface area contributed by atoms with E-state index in [0.717, 1.165) is 35.2 Å². The van der Waals surface area contributed by atoms with E-state index in [1.807, 2.05) is 48.5 Å². The van der Waals surface area contributed by atoms with Crippen LogP contribution in [0.2, 0.25) is 0 Å². The summed E-state index contributed by atoms with van der Waals surface area (Å²) in [5.41, 5.74) is 2.31. The average molecular weight is 434 g/mol. The molecule has 3 amide bonds. The van der Waals surface area contributed by atoms with Gasteiger partial charge in [-0.05, 0) is 42.4 Å². The van der Waals surface area contributed by atoms with Gasteiger partial charge in [-0.15, -0.1) is 0 Å². The number of fused-ring (bicyclic) bond motifs is 3. The largest absolute Gasteiger partial charge is 0.355 e. The molecular weight excluding hydrogens is 402 g/mol. The number of para-hydroxylation sites is 1. The summed E-state index contributed by atoms with van der Waals surface area (Å²) >= 11 is 0. The van der Waals surface area contributed by atoms with Crippen LogP contribution in [0, 0.1) is 11.3 Å². The number of hydrogen-bond acceptors (Lipinski definition) is 3. The van der Waals surface area contributed by atoms with E-state index in [4.69, 9.17) is 0 Å². The molecule has 0 bridgehead atoms. The van der Waals surface area contributed by atoms with Gasteiger partial charge in [0.05, 0.1) is 5.69 Å². The molecule has 2 aromatic carbocycles. The lowest BCUT2D eigenvalue weighted by Crippen LogP contribution is -2.57. The molecule has 0 spiro atoms. The number of nitrogens with zero attached hydrogens (tertiary/aromatic N) is 1. The van der Waals surface area contributed by atoms with E-state index in [1.165, 1.54) is 0 Å². The molecule has 32 heavy (non-hydrogen) atoms. The molecule has 168 valence electrons. The van der Waals surface area contributed by atoms with Crippen molar-refractivity contribution in [2.75, 3.05) is 18.5 Å². The molecule has 1 heterocycles. The molecule has 2 aliphatic rings. The first-order chi connectivity index (χ1) is 15.3.